The van der Waals surface area contributed by atoms with Crippen LogP contribution >= 0.6 is 0 Å². The first-order chi connectivity index (χ1) is 12.2. The van der Waals surface area contributed by atoms with Gasteiger partial charge in [-0.25, -0.2) is 4.79 Å². The van der Waals surface area contributed by atoms with Gasteiger partial charge in [-0.15, -0.1) is 0 Å². The number of amides is 2. The number of phenols is 1. The lowest BCUT2D eigenvalue weighted by Gasteiger charge is -2.35. The van der Waals surface area contributed by atoms with Gasteiger partial charge in [-0.1, -0.05) is 12.1 Å². The lowest BCUT2D eigenvalue weighted by atomic mass is 10.1. The Kier molecular flexibility index (Phi) is 5.88. The maximum atomic E-state index is 12.6. The topological polar surface area (TPSA) is 93.9 Å². The summed E-state index contributed by atoms with van der Waals surface area (Å²) in [7, 11) is 0. The molecule has 1 aliphatic rings. The zero-order chi connectivity index (χ0) is 19.3. The van der Waals surface area contributed by atoms with E-state index < -0.39 is 11.7 Å². The van der Waals surface area contributed by atoms with Crippen LogP contribution in [0.25, 0.3) is 6.08 Å². The molecule has 2 rings (SSSR count). The highest BCUT2D eigenvalue weighted by atomic mass is 16.6. The Morgan fingerprint density at radius 1 is 1.12 bits per heavy atom. The summed E-state index contributed by atoms with van der Waals surface area (Å²) >= 11 is 0. The zero-order valence-corrected chi connectivity index (χ0v) is 15.2. The molecule has 0 aromatic heterocycles. The fourth-order valence-electron chi connectivity index (χ4n) is 2.47. The number of carbonyl (C=O) groups excluding carboxylic acids is 2. The van der Waals surface area contributed by atoms with Crippen LogP contribution in [0.1, 0.15) is 26.3 Å². The third-order valence-corrected chi connectivity index (χ3v) is 3.77. The van der Waals surface area contributed by atoms with Crippen LogP contribution in [-0.2, 0) is 9.53 Å². The summed E-state index contributed by atoms with van der Waals surface area (Å²) in [5.74, 6) is -0.255. The van der Waals surface area contributed by atoms with Crippen molar-refractivity contribution in [2.24, 2.45) is 0 Å². The molecule has 1 fully saturated rings. The monoisotopic (exact) mass is 357 g/mol. The predicted octanol–water partition coefficient (Wildman–Crippen LogP) is 2.38. The van der Waals surface area contributed by atoms with Gasteiger partial charge in [-0.05, 0) is 44.5 Å². The second kappa shape index (κ2) is 7.91. The van der Waals surface area contributed by atoms with Crippen LogP contribution in [-0.4, -0.2) is 58.7 Å². The highest BCUT2D eigenvalue weighted by molar-refractivity contribution is 6.01. The molecule has 1 N–H and O–H groups in total. The zero-order valence-electron chi connectivity index (χ0n) is 15.2. The fourth-order valence-corrected chi connectivity index (χ4v) is 2.47. The van der Waals surface area contributed by atoms with Gasteiger partial charge in [-0.2, -0.15) is 5.26 Å². The van der Waals surface area contributed by atoms with E-state index in [1.165, 1.54) is 18.2 Å². The van der Waals surface area contributed by atoms with Crippen molar-refractivity contribution in [3.8, 4) is 11.8 Å². The van der Waals surface area contributed by atoms with Crippen molar-refractivity contribution in [2.45, 2.75) is 26.4 Å². The number of piperazine rings is 1. The number of benzene rings is 1. The van der Waals surface area contributed by atoms with Crippen LogP contribution < -0.4 is 0 Å². The molecule has 0 saturated carbocycles. The average molecular weight is 357 g/mol. The highest BCUT2D eigenvalue weighted by Crippen LogP contribution is 2.16. The molecule has 1 aromatic rings. The van der Waals surface area contributed by atoms with Gasteiger partial charge in [0, 0.05) is 26.2 Å². The van der Waals surface area contributed by atoms with E-state index in [0.717, 1.165) is 0 Å². The predicted molar refractivity (Wildman–Crippen MR) is 96.1 cm³/mol. The van der Waals surface area contributed by atoms with E-state index in [0.29, 0.717) is 31.7 Å². The molecule has 26 heavy (non-hydrogen) atoms. The first-order valence-electron chi connectivity index (χ1n) is 8.37. The van der Waals surface area contributed by atoms with Gasteiger partial charge in [-0.3, -0.25) is 4.79 Å². The number of carbonyl (C=O) groups is 2. The van der Waals surface area contributed by atoms with Crippen LogP contribution in [0.4, 0.5) is 4.79 Å². The van der Waals surface area contributed by atoms with E-state index in [1.807, 2.05) is 6.07 Å². The Morgan fingerprint density at radius 2 is 1.65 bits per heavy atom. The first-order valence-corrected chi connectivity index (χ1v) is 8.37. The molecule has 1 heterocycles. The molecular formula is C19H23N3O4. The lowest BCUT2D eigenvalue weighted by molar-refractivity contribution is -0.128. The van der Waals surface area contributed by atoms with Gasteiger partial charge in [0.05, 0.1) is 0 Å². The van der Waals surface area contributed by atoms with Crippen molar-refractivity contribution in [3.05, 3.63) is 35.4 Å². The number of nitriles is 1. The molecule has 2 amide bonds. The van der Waals surface area contributed by atoms with E-state index in [1.54, 1.807) is 42.7 Å². The van der Waals surface area contributed by atoms with Crippen molar-refractivity contribution >= 4 is 18.1 Å². The third kappa shape index (κ3) is 5.24. The number of hydrogen-bond donors (Lipinski definition) is 1. The summed E-state index contributed by atoms with van der Waals surface area (Å²) in [6.45, 7) is 6.81. The summed E-state index contributed by atoms with van der Waals surface area (Å²) < 4.78 is 5.33. The van der Waals surface area contributed by atoms with E-state index >= 15 is 0 Å². The van der Waals surface area contributed by atoms with Crippen molar-refractivity contribution in [1.29, 1.82) is 5.26 Å². The van der Waals surface area contributed by atoms with Gasteiger partial charge in [0.1, 0.15) is 23.0 Å². The van der Waals surface area contributed by atoms with Crippen molar-refractivity contribution in [2.75, 3.05) is 26.2 Å². The minimum atomic E-state index is -0.565. The van der Waals surface area contributed by atoms with Gasteiger partial charge in [0.25, 0.3) is 5.91 Å². The largest absolute Gasteiger partial charge is 0.508 e. The van der Waals surface area contributed by atoms with Crippen molar-refractivity contribution < 1.29 is 19.4 Å². The van der Waals surface area contributed by atoms with Gasteiger partial charge < -0.3 is 19.6 Å². The maximum Gasteiger partial charge on any atom is 0.410 e. The number of hydrogen-bond acceptors (Lipinski definition) is 5. The standard InChI is InChI=1S/C19H23N3O4/c1-19(2,3)26-18(25)22-10-8-21(9-11-22)17(24)15(13-20)12-14-4-6-16(23)7-5-14/h4-7,12,23H,8-11H2,1-3H3/b15-12+. The molecule has 1 saturated heterocycles. The molecular weight excluding hydrogens is 334 g/mol. The highest BCUT2D eigenvalue weighted by Gasteiger charge is 2.28. The van der Waals surface area contributed by atoms with E-state index in [-0.39, 0.29) is 17.2 Å². The Morgan fingerprint density at radius 3 is 2.15 bits per heavy atom. The number of ether oxygens (including phenoxy) is 1. The second-order valence-electron chi connectivity index (χ2n) is 7.02. The summed E-state index contributed by atoms with van der Waals surface area (Å²) in [6.07, 6.45) is 1.09. The smallest absolute Gasteiger partial charge is 0.410 e. The number of phenolic OH excluding ortho intramolecular Hbond substituents is 1. The Balaban J connectivity index is 1.99. The molecule has 0 atom stereocenters. The second-order valence-corrected chi connectivity index (χ2v) is 7.02. The van der Waals surface area contributed by atoms with Crippen LogP contribution in [0, 0.1) is 11.3 Å². The van der Waals surface area contributed by atoms with Gasteiger partial charge >= 0.3 is 6.09 Å². The Hall–Kier alpha value is -3.01. The molecule has 138 valence electrons. The van der Waals surface area contributed by atoms with Crippen molar-refractivity contribution in [1.82, 2.24) is 9.80 Å². The molecule has 7 heteroatoms. The summed E-state index contributed by atoms with van der Waals surface area (Å²) in [5, 5.41) is 18.6. The van der Waals surface area contributed by atoms with Crippen molar-refractivity contribution in [3.63, 3.8) is 0 Å². The summed E-state index contributed by atoms with van der Waals surface area (Å²) in [6, 6.07) is 8.16. The third-order valence-electron chi connectivity index (χ3n) is 3.77. The summed E-state index contributed by atoms with van der Waals surface area (Å²) in [4.78, 5) is 27.7. The van der Waals surface area contributed by atoms with Crippen LogP contribution in [0.3, 0.4) is 0 Å². The average Bonchev–Trinajstić information content (AvgIpc) is 2.59. The van der Waals surface area contributed by atoms with Crippen LogP contribution in [0.5, 0.6) is 5.75 Å². The van der Waals surface area contributed by atoms with E-state index in [9.17, 15) is 20.0 Å². The molecule has 1 aliphatic heterocycles. The molecule has 1 aromatic carbocycles. The Bertz CT molecular complexity index is 734. The van der Waals surface area contributed by atoms with E-state index in [4.69, 9.17) is 4.74 Å². The number of aromatic hydroxyl groups is 1. The normalized spacial score (nSPS) is 15.4. The maximum absolute atomic E-state index is 12.6. The van der Waals surface area contributed by atoms with Crippen LogP contribution in [0.15, 0.2) is 29.8 Å². The van der Waals surface area contributed by atoms with Gasteiger partial charge in [0.15, 0.2) is 0 Å². The van der Waals surface area contributed by atoms with E-state index in [2.05, 4.69) is 0 Å². The number of nitrogens with zero attached hydrogens (tertiary/aromatic N) is 3. The summed E-state index contributed by atoms with van der Waals surface area (Å²) in [5.41, 5.74) is 0.103. The molecule has 0 radical (unpaired) electrons. The minimum Gasteiger partial charge on any atom is -0.508 e. The fraction of sp³-hybridized carbons (Fsp3) is 0.421. The quantitative estimate of drug-likeness (QED) is 0.648. The Labute approximate surface area is 153 Å². The minimum absolute atomic E-state index is 0.0152. The molecule has 0 aliphatic carbocycles. The molecule has 0 bridgehead atoms. The molecule has 0 unspecified atom stereocenters. The number of rotatable bonds is 2. The SMILES string of the molecule is CC(C)(C)OC(=O)N1CCN(C(=O)/C(C#N)=C/c2ccc(O)cc2)CC1. The van der Waals surface area contributed by atoms with Crippen LogP contribution in [0.2, 0.25) is 0 Å². The van der Waals surface area contributed by atoms with Gasteiger partial charge in [0.2, 0.25) is 0 Å². The first kappa shape index (κ1) is 19.3. The lowest BCUT2D eigenvalue weighted by Crippen LogP contribution is -2.51. The molecule has 7 nitrogen and oxygen atoms in total. The molecule has 0 spiro atoms.